The van der Waals surface area contributed by atoms with Gasteiger partial charge in [-0.05, 0) is 63.5 Å². The summed E-state index contributed by atoms with van der Waals surface area (Å²) in [5.74, 6) is -0.287. The molecule has 3 aromatic heterocycles. The number of carbonyl (C=O) groups excluding carboxylic acids is 3. The number of imidazole rings is 1. The van der Waals surface area contributed by atoms with Crippen molar-refractivity contribution in [3.05, 3.63) is 75.9 Å². The molecule has 1 aliphatic rings. The number of aromatic nitrogens is 5. The number of allylic oxidation sites excluding steroid dienone is 1. The van der Waals surface area contributed by atoms with Gasteiger partial charge in [-0.3, -0.25) is 29.7 Å². The summed E-state index contributed by atoms with van der Waals surface area (Å²) in [6, 6.07) is 6.56. The summed E-state index contributed by atoms with van der Waals surface area (Å²) >= 11 is 1.09. The lowest BCUT2D eigenvalue weighted by atomic mass is 10.1. The summed E-state index contributed by atoms with van der Waals surface area (Å²) in [5, 5.41) is 10.1. The Labute approximate surface area is 274 Å². The number of ether oxygens (including phenoxy) is 2. The van der Waals surface area contributed by atoms with Gasteiger partial charge in [-0.1, -0.05) is 12.2 Å². The monoisotopic (exact) mass is 660 g/mol. The van der Waals surface area contributed by atoms with Crippen molar-refractivity contribution in [3.63, 3.8) is 0 Å². The molecule has 0 saturated carbocycles. The third-order valence-corrected chi connectivity index (χ3v) is 8.00. The van der Waals surface area contributed by atoms with Crippen LogP contribution < -0.4 is 21.1 Å². The SMILES string of the molecule is CCOc1cc(C(N)=O)cc2nc(NC(=O)c3cc(C)ns3)n(C/C=C/CN3C(NC(=O)c4cc(C)nn4CC)=NC/C3=C/OC)c12. The highest BCUT2D eigenvalue weighted by Gasteiger charge is 2.26. The normalized spacial score (nSPS) is 13.9. The summed E-state index contributed by atoms with van der Waals surface area (Å²) in [5.41, 5.74) is 9.49. The van der Waals surface area contributed by atoms with Gasteiger partial charge in [0.25, 0.3) is 11.8 Å². The van der Waals surface area contributed by atoms with Crippen LogP contribution in [-0.2, 0) is 17.8 Å². The second kappa shape index (κ2) is 14.3. The van der Waals surface area contributed by atoms with Crippen molar-refractivity contribution in [3.8, 4) is 5.75 Å². The van der Waals surface area contributed by atoms with Crippen molar-refractivity contribution in [1.82, 2.24) is 33.9 Å². The van der Waals surface area contributed by atoms with Crippen LogP contribution >= 0.6 is 11.5 Å². The Balaban J connectivity index is 1.42. The van der Waals surface area contributed by atoms with Crippen molar-refractivity contribution < 1.29 is 23.9 Å². The van der Waals surface area contributed by atoms with E-state index in [0.717, 1.165) is 28.6 Å². The first-order valence-electron chi connectivity index (χ1n) is 14.9. The third kappa shape index (κ3) is 7.17. The Kier molecular flexibility index (Phi) is 9.99. The minimum absolute atomic E-state index is 0.231. The van der Waals surface area contributed by atoms with Gasteiger partial charge in [0.2, 0.25) is 17.8 Å². The molecule has 1 aromatic carbocycles. The average Bonchev–Trinajstić information content (AvgIpc) is 3.82. The first-order chi connectivity index (χ1) is 22.6. The van der Waals surface area contributed by atoms with Gasteiger partial charge >= 0.3 is 0 Å². The molecule has 4 N–H and O–H groups in total. The number of hydrogen-bond acceptors (Lipinski definition) is 11. The fraction of sp³-hybridized carbons (Fsp3) is 0.323. The van der Waals surface area contributed by atoms with E-state index in [2.05, 4.69) is 30.1 Å². The van der Waals surface area contributed by atoms with Crippen LogP contribution in [0.1, 0.15) is 55.8 Å². The van der Waals surface area contributed by atoms with Crippen LogP contribution in [0.4, 0.5) is 5.95 Å². The van der Waals surface area contributed by atoms with Gasteiger partial charge in [0.1, 0.15) is 28.1 Å². The number of rotatable bonds is 12. The predicted molar refractivity (Wildman–Crippen MR) is 178 cm³/mol. The van der Waals surface area contributed by atoms with Crippen LogP contribution in [0.15, 0.2) is 53.4 Å². The Bertz CT molecular complexity index is 1920. The number of guanidine groups is 1. The fourth-order valence-electron chi connectivity index (χ4n) is 5.05. The van der Waals surface area contributed by atoms with E-state index in [1.165, 1.54) is 0 Å². The number of carbonyl (C=O) groups is 3. The predicted octanol–water partition coefficient (Wildman–Crippen LogP) is 3.22. The van der Waals surface area contributed by atoms with Gasteiger partial charge in [-0.2, -0.15) is 9.47 Å². The molecule has 15 nitrogen and oxygen atoms in total. The van der Waals surface area contributed by atoms with E-state index in [4.69, 9.17) is 15.2 Å². The second-order valence-electron chi connectivity index (χ2n) is 10.5. The van der Waals surface area contributed by atoms with Crippen molar-refractivity contribution in [2.75, 3.05) is 32.1 Å². The largest absolute Gasteiger partial charge is 0.502 e. The smallest absolute Gasteiger partial charge is 0.276 e. The summed E-state index contributed by atoms with van der Waals surface area (Å²) in [4.78, 5) is 49.8. The Hall–Kier alpha value is -5.51. The molecule has 0 unspecified atom stereocenters. The van der Waals surface area contributed by atoms with Crippen molar-refractivity contribution in [2.45, 2.75) is 40.8 Å². The topological polar surface area (TPSA) is 184 Å². The fourth-order valence-corrected chi connectivity index (χ4v) is 5.70. The molecular weight excluding hydrogens is 624 g/mol. The lowest BCUT2D eigenvalue weighted by Crippen LogP contribution is -2.41. The van der Waals surface area contributed by atoms with Gasteiger partial charge in [0.15, 0.2) is 0 Å². The molecule has 0 spiro atoms. The number of amides is 3. The van der Waals surface area contributed by atoms with E-state index in [0.29, 0.717) is 59.6 Å². The molecule has 0 radical (unpaired) electrons. The van der Waals surface area contributed by atoms with Crippen molar-refractivity contribution >= 4 is 52.2 Å². The lowest BCUT2D eigenvalue weighted by Gasteiger charge is -2.20. The second-order valence-corrected chi connectivity index (χ2v) is 11.3. The number of nitrogens with one attached hydrogen (secondary N) is 2. The molecule has 0 fully saturated rings. The molecule has 0 aliphatic carbocycles. The van der Waals surface area contributed by atoms with Crippen LogP contribution in [0.5, 0.6) is 5.75 Å². The van der Waals surface area contributed by atoms with Gasteiger partial charge in [0, 0.05) is 25.2 Å². The summed E-state index contributed by atoms with van der Waals surface area (Å²) in [6.07, 6.45) is 5.38. The maximum absolute atomic E-state index is 13.2. The zero-order chi connectivity index (χ0) is 33.7. The van der Waals surface area contributed by atoms with Crippen LogP contribution in [0, 0.1) is 13.8 Å². The molecule has 5 rings (SSSR count). The van der Waals surface area contributed by atoms with E-state index >= 15 is 0 Å². The number of anilines is 1. The molecule has 0 atom stereocenters. The van der Waals surface area contributed by atoms with Crippen LogP contribution in [0.2, 0.25) is 0 Å². The number of nitrogens with zero attached hydrogens (tertiary/aromatic N) is 7. The Morgan fingerprint density at radius 2 is 1.83 bits per heavy atom. The summed E-state index contributed by atoms with van der Waals surface area (Å²) in [6.45, 7) is 9.21. The molecular formula is C31H36N10O5S. The quantitative estimate of drug-likeness (QED) is 0.152. The van der Waals surface area contributed by atoms with Crippen LogP contribution in [0.3, 0.4) is 0 Å². The number of primary amides is 1. The van der Waals surface area contributed by atoms with E-state index < -0.39 is 5.91 Å². The highest BCUT2D eigenvalue weighted by atomic mass is 32.1. The minimum Gasteiger partial charge on any atom is -0.502 e. The van der Waals surface area contributed by atoms with E-state index in [1.807, 2.05) is 44.7 Å². The first-order valence-corrected chi connectivity index (χ1v) is 15.7. The van der Waals surface area contributed by atoms with Crippen LogP contribution in [0.25, 0.3) is 11.0 Å². The molecule has 3 amide bonds. The van der Waals surface area contributed by atoms with Gasteiger partial charge in [-0.15, -0.1) is 0 Å². The number of aliphatic imine (C=N–C) groups is 1. The van der Waals surface area contributed by atoms with Gasteiger partial charge < -0.3 is 24.7 Å². The van der Waals surface area contributed by atoms with E-state index in [9.17, 15) is 14.4 Å². The number of benzene rings is 1. The maximum atomic E-state index is 13.2. The average molecular weight is 661 g/mol. The van der Waals surface area contributed by atoms with E-state index in [-0.39, 0.29) is 29.9 Å². The van der Waals surface area contributed by atoms with Crippen molar-refractivity contribution in [1.29, 1.82) is 0 Å². The Morgan fingerprint density at radius 3 is 2.51 bits per heavy atom. The van der Waals surface area contributed by atoms with E-state index in [1.54, 1.807) is 46.9 Å². The number of methoxy groups -OCH3 is 1. The standard InChI is InChI=1S/C31H36N10O5S/c1-6-41-23(12-18(3)37-41)28(43)35-30-33-16-21(17-45-5)39(30)10-8-9-11-40-26-22(14-20(27(32)42)15-24(26)46-7-2)34-31(40)36-29(44)25-13-19(4)38-47-25/h8-9,12-15,17H,6-7,10-11,16H2,1-5H3,(H2,32,42)(H,33,35,43)(H,34,36,44)/b9-8+,21-17-. The third-order valence-electron chi connectivity index (χ3n) is 7.12. The summed E-state index contributed by atoms with van der Waals surface area (Å²) in [7, 11) is 1.55. The van der Waals surface area contributed by atoms with Gasteiger partial charge in [0.05, 0.1) is 42.9 Å². The molecule has 1 aliphatic heterocycles. The molecule has 0 saturated heterocycles. The van der Waals surface area contributed by atoms with Gasteiger partial charge in [-0.25, -0.2) is 9.98 Å². The number of aryl methyl sites for hydroxylation is 3. The zero-order valence-corrected chi connectivity index (χ0v) is 27.6. The molecule has 47 heavy (non-hydrogen) atoms. The maximum Gasteiger partial charge on any atom is 0.276 e. The molecule has 16 heteroatoms. The zero-order valence-electron chi connectivity index (χ0n) is 26.7. The number of fused-ring (bicyclic) bond motifs is 1. The highest BCUT2D eigenvalue weighted by Crippen LogP contribution is 2.31. The first kappa shape index (κ1) is 32.9. The minimum atomic E-state index is -0.627. The van der Waals surface area contributed by atoms with Crippen LogP contribution in [-0.4, -0.2) is 79.1 Å². The number of hydrogen-bond donors (Lipinski definition) is 3. The molecule has 4 aromatic rings. The molecule has 0 bridgehead atoms. The summed E-state index contributed by atoms with van der Waals surface area (Å²) < 4.78 is 18.8. The Morgan fingerprint density at radius 1 is 1.04 bits per heavy atom. The molecule has 246 valence electrons. The van der Waals surface area contributed by atoms with Crippen molar-refractivity contribution in [2.24, 2.45) is 10.7 Å². The molecule has 4 heterocycles. The number of nitrogens with two attached hydrogens (primary N) is 1. The highest BCUT2D eigenvalue weighted by molar-refractivity contribution is 7.08. The lowest BCUT2D eigenvalue weighted by molar-refractivity contribution is 0.0961.